The molecule has 1 aliphatic carbocycles. The first-order valence-electron chi connectivity index (χ1n) is 6.36. The van der Waals surface area contributed by atoms with Crippen LogP contribution in [0.5, 0.6) is 0 Å². The van der Waals surface area contributed by atoms with Gasteiger partial charge in [0.2, 0.25) is 0 Å². The van der Waals surface area contributed by atoms with Crippen LogP contribution in [0.15, 0.2) is 16.5 Å². The van der Waals surface area contributed by atoms with Gasteiger partial charge in [-0.25, -0.2) is 4.79 Å². The van der Waals surface area contributed by atoms with E-state index in [1.165, 1.54) is 0 Å². The molecule has 2 rings (SSSR count). The maximum atomic E-state index is 11.7. The van der Waals surface area contributed by atoms with Crippen LogP contribution in [-0.2, 0) is 11.3 Å². The van der Waals surface area contributed by atoms with Gasteiger partial charge in [0.1, 0.15) is 11.5 Å². The minimum atomic E-state index is -0.890. The summed E-state index contributed by atoms with van der Waals surface area (Å²) in [5.41, 5.74) is 0. The van der Waals surface area contributed by atoms with Gasteiger partial charge >= 0.3 is 12.0 Å². The number of nitrogens with one attached hydrogen (secondary N) is 2. The van der Waals surface area contributed by atoms with Gasteiger partial charge in [-0.05, 0) is 37.8 Å². The summed E-state index contributed by atoms with van der Waals surface area (Å²) >= 11 is 0. The van der Waals surface area contributed by atoms with Crippen molar-refractivity contribution in [2.75, 3.05) is 0 Å². The molecule has 0 aliphatic heterocycles. The Hall–Kier alpha value is -1.98. The van der Waals surface area contributed by atoms with Gasteiger partial charge < -0.3 is 20.2 Å². The zero-order chi connectivity index (χ0) is 13.8. The monoisotopic (exact) mass is 266 g/mol. The van der Waals surface area contributed by atoms with E-state index in [1.54, 1.807) is 6.07 Å². The molecule has 0 saturated heterocycles. The molecule has 1 unspecified atom stereocenters. The summed E-state index contributed by atoms with van der Waals surface area (Å²) in [4.78, 5) is 22.4. The Morgan fingerprint density at radius 3 is 2.74 bits per heavy atom. The molecule has 6 nitrogen and oxygen atoms in total. The Morgan fingerprint density at radius 1 is 1.47 bits per heavy atom. The van der Waals surface area contributed by atoms with Crippen molar-refractivity contribution in [1.82, 2.24) is 10.6 Å². The Labute approximate surface area is 111 Å². The average molecular weight is 266 g/mol. The molecule has 3 N–H and O–H groups in total. The Bertz CT molecular complexity index is 465. The second-order valence-corrected chi connectivity index (χ2v) is 4.88. The number of aliphatic carboxylic acids is 1. The fourth-order valence-electron chi connectivity index (χ4n) is 1.99. The normalized spacial score (nSPS) is 15.8. The molecule has 2 amide bonds. The largest absolute Gasteiger partial charge is 0.481 e. The Balaban J connectivity index is 1.77. The zero-order valence-corrected chi connectivity index (χ0v) is 10.8. The van der Waals surface area contributed by atoms with Crippen LogP contribution < -0.4 is 10.6 Å². The SMILES string of the molecule is Cc1ccc(CNC(=O)NC(CC(=O)O)C2CC2)o1. The fraction of sp³-hybridized carbons (Fsp3) is 0.538. The number of carboxylic acids is 1. The number of carbonyl (C=O) groups excluding carboxylic acids is 1. The van der Waals surface area contributed by atoms with Gasteiger partial charge in [0, 0.05) is 6.04 Å². The van der Waals surface area contributed by atoms with Crippen LogP contribution in [0.25, 0.3) is 0 Å². The lowest BCUT2D eigenvalue weighted by atomic mass is 10.1. The summed E-state index contributed by atoms with van der Waals surface area (Å²) in [5.74, 6) is 0.874. The number of furan rings is 1. The van der Waals surface area contributed by atoms with Crippen molar-refractivity contribution in [1.29, 1.82) is 0 Å². The number of amides is 2. The summed E-state index contributed by atoms with van der Waals surface area (Å²) < 4.78 is 5.33. The highest BCUT2D eigenvalue weighted by atomic mass is 16.4. The van der Waals surface area contributed by atoms with E-state index in [0.717, 1.165) is 18.6 Å². The molecule has 1 heterocycles. The van der Waals surface area contributed by atoms with E-state index in [-0.39, 0.29) is 18.5 Å². The highest BCUT2D eigenvalue weighted by molar-refractivity contribution is 5.75. The van der Waals surface area contributed by atoms with Gasteiger partial charge in [-0.3, -0.25) is 4.79 Å². The number of hydrogen-bond acceptors (Lipinski definition) is 3. The molecule has 1 fully saturated rings. The lowest BCUT2D eigenvalue weighted by Gasteiger charge is -2.16. The number of hydrogen-bond donors (Lipinski definition) is 3. The molecule has 0 radical (unpaired) electrons. The van der Waals surface area contributed by atoms with Crippen molar-refractivity contribution in [3.63, 3.8) is 0 Å². The lowest BCUT2D eigenvalue weighted by Crippen LogP contribution is -2.43. The van der Waals surface area contributed by atoms with E-state index in [9.17, 15) is 9.59 Å². The van der Waals surface area contributed by atoms with Crippen LogP contribution in [0.2, 0.25) is 0 Å². The van der Waals surface area contributed by atoms with Gasteiger partial charge in [0.05, 0.1) is 13.0 Å². The first kappa shape index (κ1) is 13.5. The number of urea groups is 1. The topological polar surface area (TPSA) is 91.6 Å². The minimum Gasteiger partial charge on any atom is -0.481 e. The fourth-order valence-corrected chi connectivity index (χ4v) is 1.99. The molecule has 0 spiro atoms. The van der Waals surface area contributed by atoms with Crippen LogP contribution in [0.1, 0.15) is 30.8 Å². The molecule has 1 aliphatic rings. The molecular weight excluding hydrogens is 248 g/mol. The number of carboxylic acid groups (broad SMARTS) is 1. The van der Waals surface area contributed by atoms with Gasteiger partial charge in [0.25, 0.3) is 0 Å². The Kier molecular flexibility index (Phi) is 4.09. The smallest absolute Gasteiger partial charge is 0.315 e. The quantitative estimate of drug-likeness (QED) is 0.730. The van der Waals surface area contributed by atoms with E-state index in [1.807, 2.05) is 13.0 Å². The van der Waals surface area contributed by atoms with Crippen molar-refractivity contribution >= 4 is 12.0 Å². The zero-order valence-electron chi connectivity index (χ0n) is 10.8. The summed E-state index contributed by atoms with van der Waals surface area (Å²) in [6.45, 7) is 2.13. The number of carbonyl (C=O) groups is 2. The van der Waals surface area contributed by atoms with Crippen molar-refractivity contribution in [2.45, 2.75) is 38.8 Å². The summed E-state index contributed by atoms with van der Waals surface area (Å²) in [6, 6.07) is 2.99. The average Bonchev–Trinajstić information content (AvgIpc) is 3.09. The molecule has 1 saturated carbocycles. The van der Waals surface area contributed by atoms with E-state index >= 15 is 0 Å². The first-order valence-corrected chi connectivity index (χ1v) is 6.36. The number of rotatable bonds is 6. The van der Waals surface area contributed by atoms with Gasteiger partial charge in [-0.15, -0.1) is 0 Å². The van der Waals surface area contributed by atoms with E-state index in [0.29, 0.717) is 18.2 Å². The minimum absolute atomic E-state index is 0.0298. The molecular formula is C13H18N2O4. The molecule has 1 aromatic rings. The van der Waals surface area contributed by atoms with Crippen molar-refractivity contribution in [3.8, 4) is 0 Å². The van der Waals surface area contributed by atoms with Crippen LogP contribution in [0.4, 0.5) is 4.79 Å². The van der Waals surface area contributed by atoms with Crippen LogP contribution in [0, 0.1) is 12.8 Å². The van der Waals surface area contributed by atoms with Crippen LogP contribution in [0.3, 0.4) is 0 Å². The van der Waals surface area contributed by atoms with Gasteiger partial charge in [0.15, 0.2) is 0 Å². The van der Waals surface area contributed by atoms with E-state index in [4.69, 9.17) is 9.52 Å². The standard InChI is InChI=1S/C13H18N2O4/c1-8-2-5-10(19-8)7-14-13(18)15-11(6-12(16)17)9-3-4-9/h2,5,9,11H,3-4,6-7H2,1H3,(H,16,17)(H2,14,15,18). The first-order chi connectivity index (χ1) is 9.04. The van der Waals surface area contributed by atoms with Gasteiger partial charge in [-0.1, -0.05) is 0 Å². The predicted octanol–water partition coefficient (Wildman–Crippen LogP) is 1.64. The highest BCUT2D eigenvalue weighted by Gasteiger charge is 2.33. The molecule has 1 atom stereocenters. The predicted molar refractivity (Wildman–Crippen MR) is 67.6 cm³/mol. The second kappa shape index (κ2) is 5.77. The van der Waals surface area contributed by atoms with Crippen LogP contribution in [-0.4, -0.2) is 23.1 Å². The van der Waals surface area contributed by atoms with Gasteiger partial charge in [-0.2, -0.15) is 0 Å². The summed E-state index contributed by atoms with van der Waals surface area (Å²) in [7, 11) is 0. The second-order valence-electron chi connectivity index (χ2n) is 4.88. The molecule has 6 heteroatoms. The maximum Gasteiger partial charge on any atom is 0.315 e. The lowest BCUT2D eigenvalue weighted by molar-refractivity contribution is -0.137. The molecule has 104 valence electrons. The van der Waals surface area contributed by atoms with E-state index in [2.05, 4.69) is 10.6 Å². The van der Waals surface area contributed by atoms with Crippen molar-refractivity contribution in [2.24, 2.45) is 5.92 Å². The third-order valence-corrected chi connectivity index (χ3v) is 3.12. The third kappa shape index (κ3) is 4.31. The van der Waals surface area contributed by atoms with Crippen molar-refractivity contribution in [3.05, 3.63) is 23.7 Å². The summed E-state index contributed by atoms with van der Waals surface area (Å²) in [5, 5.41) is 14.2. The molecule has 0 aromatic carbocycles. The Morgan fingerprint density at radius 2 is 2.21 bits per heavy atom. The van der Waals surface area contributed by atoms with Crippen molar-refractivity contribution < 1.29 is 19.1 Å². The summed E-state index contributed by atoms with van der Waals surface area (Å²) in [6.07, 6.45) is 1.93. The van der Waals surface area contributed by atoms with Crippen LogP contribution >= 0.6 is 0 Å². The number of aryl methyl sites for hydroxylation is 1. The molecule has 19 heavy (non-hydrogen) atoms. The molecule has 0 bridgehead atoms. The molecule has 1 aromatic heterocycles. The van der Waals surface area contributed by atoms with E-state index < -0.39 is 5.97 Å². The third-order valence-electron chi connectivity index (χ3n) is 3.12. The maximum absolute atomic E-state index is 11.7. The highest BCUT2D eigenvalue weighted by Crippen LogP contribution is 2.33.